The van der Waals surface area contributed by atoms with E-state index in [1.54, 1.807) is 14.2 Å². The number of hydrogen-bond acceptors (Lipinski definition) is 4. The molecular weight excluding hydrogens is 541 g/mol. The smallest absolute Gasteiger partial charge is 0.191 e. The van der Waals surface area contributed by atoms with Gasteiger partial charge in [0.15, 0.2) is 17.5 Å². The lowest BCUT2D eigenvalue weighted by Gasteiger charge is -2.13. The number of aliphatic imine (C=N–C) groups is 1. The Morgan fingerprint density at radius 2 is 1.71 bits per heavy atom. The van der Waals surface area contributed by atoms with E-state index in [9.17, 15) is 0 Å². The van der Waals surface area contributed by atoms with Gasteiger partial charge < -0.3 is 20.1 Å². The van der Waals surface area contributed by atoms with Gasteiger partial charge >= 0.3 is 0 Å². The van der Waals surface area contributed by atoms with Crippen LogP contribution in [0.15, 0.2) is 53.5 Å². The average Bonchev–Trinajstić information content (AvgIpc) is 3.10. The van der Waals surface area contributed by atoms with Gasteiger partial charge in [-0.15, -0.1) is 24.0 Å². The van der Waals surface area contributed by atoms with Gasteiger partial charge in [-0.1, -0.05) is 36.4 Å². The summed E-state index contributed by atoms with van der Waals surface area (Å²) < 4.78 is 12.8. The molecule has 0 saturated carbocycles. The summed E-state index contributed by atoms with van der Waals surface area (Å²) in [4.78, 5) is 4.81. The van der Waals surface area contributed by atoms with Crippen LogP contribution in [0.2, 0.25) is 0 Å². The molecule has 0 aliphatic rings. The van der Waals surface area contributed by atoms with Crippen molar-refractivity contribution in [3.8, 4) is 11.5 Å². The number of guanidine groups is 1. The number of halogens is 1. The maximum atomic E-state index is 5.40. The highest BCUT2D eigenvalue weighted by Gasteiger charge is 2.12. The van der Waals surface area contributed by atoms with Crippen molar-refractivity contribution in [2.45, 2.75) is 40.3 Å². The van der Waals surface area contributed by atoms with Crippen LogP contribution in [-0.4, -0.2) is 43.0 Å². The van der Waals surface area contributed by atoms with E-state index in [1.807, 2.05) is 18.2 Å². The van der Waals surface area contributed by atoms with E-state index in [1.165, 1.54) is 16.7 Å². The fourth-order valence-corrected chi connectivity index (χ4v) is 3.73. The summed E-state index contributed by atoms with van der Waals surface area (Å²) in [6, 6.07) is 16.4. The van der Waals surface area contributed by atoms with Crippen molar-refractivity contribution < 1.29 is 9.47 Å². The van der Waals surface area contributed by atoms with Gasteiger partial charge in [-0.2, -0.15) is 5.10 Å². The largest absolute Gasteiger partial charge is 0.493 e. The van der Waals surface area contributed by atoms with E-state index in [2.05, 4.69) is 66.4 Å². The van der Waals surface area contributed by atoms with Crippen molar-refractivity contribution in [1.82, 2.24) is 20.4 Å². The monoisotopic (exact) mass is 577 g/mol. The molecule has 0 spiro atoms. The predicted molar refractivity (Wildman–Crippen MR) is 149 cm³/mol. The molecule has 0 radical (unpaired) electrons. The summed E-state index contributed by atoms with van der Waals surface area (Å²) in [5.41, 5.74) is 5.76. The van der Waals surface area contributed by atoms with E-state index < -0.39 is 0 Å². The fraction of sp³-hybridized carbons (Fsp3) is 0.385. The van der Waals surface area contributed by atoms with Crippen molar-refractivity contribution in [3.05, 3.63) is 76.6 Å². The van der Waals surface area contributed by atoms with Crippen LogP contribution < -0.4 is 20.1 Å². The molecule has 0 fully saturated rings. The molecule has 0 aliphatic heterocycles. The van der Waals surface area contributed by atoms with Crippen molar-refractivity contribution in [1.29, 1.82) is 0 Å². The lowest BCUT2D eigenvalue weighted by Crippen LogP contribution is -2.38. The van der Waals surface area contributed by atoms with Crippen LogP contribution in [0.25, 0.3) is 0 Å². The second-order valence-electron chi connectivity index (χ2n) is 7.85. The Morgan fingerprint density at radius 1 is 0.971 bits per heavy atom. The van der Waals surface area contributed by atoms with E-state index in [-0.39, 0.29) is 24.0 Å². The molecule has 3 rings (SSSR count). The first kappa shape index (κ1) is 27.5. The van der Waals surface area contributed by atoms with Crippen LogP contribution in [0.5, 0.6) is 11.5 Å². The fourth-order valence-electron chi connectivity index (χ4n) is 3.73. The number of nitrogens with one attached hydrogen (secondary N) is 2. The SMILES string of the molecule is CCNC(=NCc1c(C)nn(Cc2ccccc2)c1C)NCCc1ccc(OC)c(OC)c1.I. The Hall–Kier alpha value is -2.75. The first-order valence-electron chi connectivity index (χ1n) is 11.4. The topological polar surface area (TPSA) is 72.7 Å². The Morgan fingerprint density at radius 3 is 2.38 bits per heavy atom. The summed E-state index contributed by atoms with van der Waals surface area (Å²) in [5.74, 6) is 2.28. The molecule has 3 aromatic rings. The van der Waals surface area contributed by atoms with E-state index in [4.69, 9.17) is 19.6 Å². The molecule has 0 unspecified atom stereocenters. The third-order valence-electron chi connectivity index (χ3n) is 5.60. The minimum absolute atomic E-state index is 0. The van der Waals surface area contributed by atoms with Crippen LogP contribution in [0, 0.1) is 13.8 Å². The summed E-state index contributed by atoms with van der Waals surface area (Å²) in [6.45, 7) is 9.14. The van der Waals surface area contributed by atoms with Gasteiger partial charge in [0.25, 0.3) is 0 Å². The standard InChI is InChI=1S/C26H35N5O2.HI/c1-6-27-26(28-15-14-21-12-13-24(32-4)25(16-21)33-5)29-17-23-19(2)30-31(20(23)3)18-22-10-8-7-9-11-22;/h7-13,16H,6,14-15,17-18H2,1-5H3,(H2,27,28,29);1H. The molecule has 0 saturated heterocycles. The predicted octanol–water partition coefficient (Wildman–Crippen LogP) is 4.48. The molecule has 0 atom stereocenters. The zero-order valence-electron chi connectivity index (χ0n) is 20.7. The zero-order valence-corrected chi connectivity index (χ0v) is 23.1. The van der Waals surface area contributed by atoms with Crippen molar-refractivity contribution >= 4 is 29.9 Å². The minimum Gasteiger partial charge on any atom is -0.493 e. The van der Waals surface area contributed by atoms with Crippen LogP contribution in [0.4, 0.5) is 0 Å². The van der Waals surface area contributed by atoms with E-state index in [0.717, 1.165) is 54.9 Å². The van der Waals surface area contributed by atoms with Crippen molar-refractivity contribution in [2.75, 3.05) is 27.3 Å². The molecular formula is C26H36IN5O2. The summed E-state index contributed by atoms with van der Waals surface area (Å²) >= 11 is 0. The van der Waals surface area contributed by atoms with Gasteiger partial charge in [-0.3, -0.25) is 4.68 Å². The number of aryl methyl sites for hydroxylation is 1. The number of hydrogen-bond donors (Lipinski definition) is 2. The molecule has 2 aromatic carbocycles. The van der Waals surface area contributed by atoms with Gasteiger partial charge in [0.05, 0.1) is 33.0 Å². The Bertz CT molecular complexity index is 1070. The van der Waals surface area contributed by atoms with Gasteiger partial charge in [0.2, 0.25) is 0 Å². The number of benzene rings is 2. The first-order valence-corrected chi connectivity index (χ1v) is 11.4. The minimum atomic E-state index is 0. The second-order valence-corrected chi connectivity index (χ2v) is 7.85. The number of rotatable bonds is 10. The van der Waals surface area contributed by atoms with Gasteiger partial charge in [-0.25, -0.2) is 4.99 Å². The van der Waals surface area contributed by atoms with E-state index >= 15 is 0 Å². The van der Waals surface area contributed by atoms with E-state index in [0.29, 0.717) is 6.54 Å². The highest BCUT2D eigenvalue weighted by Crippen LogP contribution is 2.27. The molecule has 1 heterocycles. The third-order valence-corrected chi connectivity index (χ3v) is 5.60. The number of methoxy groups -OCH3 is 2. The first-order chi connectivity index (χ1) is 16.0. The maximum Gasteiger partial charge on any atom is 0.191 e. The van der Waals surface area contributed by atoms with Gasteiger partial charge in [0, 0.05) is 24.3 Å². The van der Waals surface area contributed by atoms with Crippen molar-refractivity contribution in [2.24, 2.45) is 4.99 Å². The maximum absolute atomic E-state index is 5.40. The van der Waals surface area contributed by atoms with Crippen LogP contribution in [0.1, 0.15) is 35.0 Å². The average molecular weight is 578 g/mol. The molecule has 7 nitrogen and oxygen atoms in total. The normalized spacial score (nSPS) is 11.0. The quantitative estimate of drug-likeness (QED) is 0.211. The highest BCUT2D eigenvalue weighted by molar-refractivity contribution is 14.0. The molecule has 0 amide bonds. The molecule has 0 bridgehead atoms. The Balaban J connectivity index is 0.00000408. The molecule has 0 aliphatic carbocycles. The zero-order chi connectivity index (χ0) is 23.6. The Kier molecular flexibility index (Phi) is 11.2. The number of ether oxygens (including phenoxy) is 2. The Labute approximate surface area is 220 Å². The second kappa shape index (κ2) is 13.8. The third kappa shape index (κ3) is 7.38. The molecule has 184 valence electrons. The van der Waals surface area contributed by atoms with Crippen LogP contribution in [-0.2, 0) is 19.5 Å². The highest BCUT2D eigenvalue weighted by atomic mass is 127. The van der Waals surface area contributed by atoms with Gasteiger partial charge in [-0.05, 0) is 50.5 Å². The number of aromatic nitrogens is 2. The summed E-state index contributed by atoms with van der Waals surface area (Å²) in [7, 11) is 3.30. The molecule has 8 heteroatoms. The summed E-state index contributed by atoms with van der Waals surface area (Å²) in [6.07, 6.45) is 0.845. The number of nitrogens with zero attached hydrogens (tertiary/aromatic N) is 3. The van der Waals surface area contributed by atoms with Gasteiger partial charge in [0.1, 0.15) is 0 Å². The molecule has 34 heavy (non-hydrogen) atoms. The molecule has 2 N–H and O–H groups in total. The molecule has 1 aromatic heterocycles. The van der Waals surface area contributed by atoms with Crippen molar-refractivity contribution in [3.63, 3.8) is 0 Å². The van der Waals surface area contributed by atoms with Crippen LogP contribution >= 0.6 is 24.0 Å². The summed E-state index contributed by atoms with van der Waals surface area (Å²) in [5, 5.41) is 11.5. The van der Waals surface area contributed by atoms with Crippen LogP contribution in [0.3, 0.4) is 0 Å². The lowest BCUT2D eigenvalue weighted by atomic mass is 10.1. The lowest BCUT2D eigenvalue weighted by molar-refractivity contribution is 0.354.